The van der Waals surface area contributed by atoms with E-state index in [9.17, 15) is 0 Å². The van der Waals surface area contributed by atoms with E-state index in [1.165, 1.54) is 0 Å². The molecule has 0 aromatic rings. The molecule has 0 aliphatic rings. The van der Waals surface area contributed by atoms with Crippen LogP contribution in [-0.4, -0.2) is 0 Å². The maximum absolute atomic E-state index is 0. The number of hydrogen-bond acceptors (Lipinski definition) is 0. The minimum atomic E-state index is 0. The average Bonchev–Trinajstić information content (AvgIpc) is 0. The summed E-state index contributed by atoms with van der Waals surface area (Å²) in [5.41, 5.74) is 0. The molecule has 0 N–H and O–H groups in total. The number of rotatable bonds is 0. The predicted molar refractivity (Wildman–Crippen MR) is 3.24 cm³/mol. The minimum absolute atomic E-state index is 0. The van der Waals surface area contributed by atoms with Crippen LogP contribution in [0, 0.1) is 7.43 Å². The molecule has 4 heavy (non-hydrogen) atoms. The van der Waals surface area contributed by atoms with Crippen LogP contribution in [-0.2, 0) is 65.2 Å². The van der Waals surface area contributed by atoms with E-state index in [4.69, 9.17) is 0 Å². The van der Waals surface area contributed by atoms with Gasteiger partial charge in [-0.1, -0.05) is 0 Å². The van der Waals surface area contributed by atoms with Crippen LogP contribution in [0.3, 0.4) is 0 Å². The summed E-state index contributed by atoms with van der Waals surface area (Å²) in [6.45, 7) is 0. The Morgan fingerprint density at radius 3 is 1.00 bits per heavy atom. The molecule has 19 valence electrons. The van der Waals surface area contributed by atoms with Crippen molar-refractivity contribution in [3.05, 3.63) is 7.43 Å². The standard InChI is InChI=1S/C.Mo.Nb.Ti. The van der Waals surface area contributed by atoms with Gasteiger partial charge in [-0.2, -0.15) is 0 Å². The van der Waals surface area contributed by atoms with E-state index >= 15 is 0 Å². The molecule has 0 aromatic heterocycles. The van der Waals surface area contributed by atoms with Crippen LogP contribution < -0.4 is 0 Å². The van der Waals surface area contributed by atoms with Crippen molar-refractivity contribution in [2.45, 2.75) is 0 Å². The van der Waals surface area contributed by atoms with Crippen molar-refractivity contribution in [2.24, 2.45) is 0 Å². The Balaban J connectivity index is 0. The molecule has 0 unspecified atom stereocenters. The molecule has 0 aliphatic heterocycles. The molecule has 0 bridgehead atoms. The second kappa shape index (κ2) is 19.2. The Morgan fingerprint density at radius 1 is 1.00 bits per heavy atom. The predicted octanol–water partition coefficient (Wildman–Crippen LogP) is 0.0738. The summed E-state index contributed by atoms with van der Waals surface area (Å²) in [5.74, 6) is 0. The second-order valence-corrected chi connectivity index (χ2v) is 0. The van der Waals surface area contributed by atoms with E-state index < -0.39 is 0 Å². The van der Waals surface area contributed by atoms with Gasteiger partial charge in [0.15, 0.2) is 0 Å². The van der Waals surface area contributed by atoms with Crippen LogP contribution in [0.4, 0.5) is 0 Å². The van der Waals surface area contributed by atoms with Gasteiger partial charge < -0.3 is 0 Å². The van der Waals surface area contributed by atoms with E-state index in [2.05, 4.69) is 0 Å². The largest absolute Gasteiger partial charge is 0 e. The maximum Gasteiger partial charge on any atom is 0 e. The van der Waals surface area contributed by atoms with Crippen molar-refractivity contribution in [1.29, 1.82) is 0 Å². The fourth-order valence-electron chi connectivity index (χ4n) is 0. The molecule has 0 spiro atoms. The number of hydrogen-bond donors (Lipinski definition) is 0. The molecule has 0 aliphatic carbocycles. The van der Waals surface area contributed by atoms with Crippen LogP contribution >= 0.6 is 0 Å². The van der Waals surface area contributed by atoms with Gasteiger partial charge in [0.2, 0.25) is 0 Å². The van der Waals surface area contributed by atoms with Crippen LogP contribution in [0.15, 0.2) is 0 Å². The van der Waals surface area contributed by atoms with Crippen molar-refractivity contribution in [3.63, 3.8) is 0 Å². The van der Waals surface area contributed by atoms with Crippen molar-refractivity contribution >= 4 is 0 Å². The first-order valence-electron chi connectivity index (χ1n) is 0. The third-order valence-electron chi connectivity index (χ3n) is 0. The first-order chi connectivity index (χ1) is 0. The van der Waals surface area contributed by atoms with Gasteiger partial charge in [0.1, 0.15) is 0 Å². The molecule has 0 rings (SSSR count). The van der Waals surface area contributed by atoms with Crippen molar-refractivity contribution < 1.29 is 65.2 Å². The fraction of sp³-hybridized carbons (Fsp3) is 0. The normalized spacial score (nSPS) is 0. The summed E-state index contributed by atoms with van der Waals surface area (Å²) in [4.78, 5) is 0. The van der Waals surface area contributed by atoms with E-state index in [0.29, 0.717) is 0 Å². The molecule has 0 aromatic carbocycles. The van der Waals surface area contributed by atoms with Crippen molar-refractivity contribution in [3.8, 4) is 0 Å². The molecule has 0 saturated carbocycles. The minimum Gasteiger partial charge on any atom is 0 e. The summed E-state index contributed by atoms with van der Waals surface area (Å²) in [7, 11) is 0. The molecule has 0 nitrogen and oxygen atoms in total. The molecule has 5 radical (unpaired) electrons. The van der Waals surface area contributed by atoms with Crippen LogP contribution in [0.25, 0.3) is 0 Å². The third-order valence-corrected chi connectivity index (χ3v) is 0. The smallest absolute Gasteiger partial charge is 0 e. The zero-order valence-electron chi connectivity index (χ0n) is 1.86. The van der Waals surface area contributed by atoms with Crippen molar-refractivity contribution in [1.82, 2.24) is 0 Å². The Hall–Kier alpha value is 2.14. The van der Waals surface area contributed by atoms with Gasteiger partial charge in [-0.25, -0.2) is 0 Å². The van der Waals surface area contributed by atoms with E-state index in [-0.39, 0.29) is 72.6 Å². The average molecular weight is 249 g/mol. The maximum atomic E-state index is 0. The van der Waals surface area contributed by atoms with E-state index in [1.807, 2.05) is 0 Å². The van der Waals surface area contributed by atoms with Crippen LogP contribution in [0.5, 0.6) is 0 Å². The second-order valence-electron chi connectivity index (χ2n) is 0. The summed E-state index contributed by atoms with van der Waals surface area (Å²) < 4.78 is 0. The van der Waals surface area contributed by atoms with Gasteiger partial charge in [0.05, 0.1) is 0 Å². The van der Waals surface area contributed by atoms with Gasteiger partial charge in [0, 0.05) is 72.6 Å². The SMILES string of the molecule is [C].[Mo].[Nb].[Ti]. The zero-order valence-corrected chi connectivity index (χ0v) is 7.62. The summed E-state index contributed by atoms with van der Waals surface area (Å²) in [6.07, 6.45) is 0. The monoisotopic (exact) mass is 251 g/mol. The zero-order chi connectivity index (χ0) is 0. The first kappa shape index (κ1) is 35.4. The summed E-state index contributed by atoms with van der Waals surface area (Å²) in [5, 5.41) is 0. The molecule has 0 amide bonds. The summed E-state index contributed by atoms with van der Waals surface area (Å²) in [6, 6.07) is 0. The Bertz CT molecular complexity index is 8.00. The molecule has 3 heteroatoms. The van der Waals surface area contributed by atoms with Gasteiger partial charge in [0.25, 0.3) is 0 Å². The van der Waals surface area contributed by atoms with Gasteiger partial charge in [-0.3, -0.25) is 0 Å². The molecule has 0 atom stereocenters. The van der Waals surface area contributed by atoms with E-state index in [1.54, 1.807) is 0 Å². The third kappa shape index (κ3) is 8.91. The van der Waals surface area contributed by atoms with Gasteiger partial charge in [-0.05, 0) is 0 Å². The Morgan fingerprint density at radius 2 is 1.00 bits per heavy atom. The Labute approximate surface area is 71.8 Å². The first-order valence-corrected chi connectivity index (χ1v) is 0. The Kier molecular flexibility index (Phi) is 170. The van der Waals surface area contributed by atoms with Gasteiger partial charge >= 0.3 is 0 Å². The fourth-order valence-corrected chi connectivity index (χ4v) is 0. The summed E-state index contributed by atoms with van der Waals surface area (Å²) >= 11 is 0. The van der Waals surface area contributed by atoms with Crippen LogP contribution in [0.1, 0.15) is 0 Å². The molecule has 0 fully saturated rings. The van der Waals surface area contributed by atoms with Gasteiger partial charge in [-0.15, -0.1) is 0 Å². The molecular weight excluding hydrogens is 249 g/mol. The quantitative estimate of drug-likeness (QED) is 0.533. The van der Waals surface area contributed by atoms with Crippen LogP contribution in [0.2, 0.25) is 0 Å². The molecule has 0 heterocycles. The van der Waals surface area contributed by atoms with Crippen molar-refractivity contribution in [2.75, 3.05) is 0 Å². The molecular formula is CMoNbTi. The van der Waals surface area contributed by atoms with E-state index in [0.717, 1.165) is 0 Å². The molecule has 0 saturated heterocycles. The topological polar surface area (TPSA) is 0 Å².